The van der Waals surface area contributed by atoms with Gasteiger partial charge in [0.05, 0.1) is 34.5 Å². The summed E-state index contributed by atoms with van der Waals surface area (Å²) in [6.07, 6.45) is -1.29. The van der Waals surface area contributed by atoms with Crippen molar-refractivity contribution in [2.45, 2.75) is 19.6 Å². The maximum atomic E-state index is 14.6. The molecule has 0 atom stereocenters. The van der Waals surface area contributed by atoms with Gasteiger partial charge in [-0.2, -0.15) is 36.2 Å². The summed E-state index contributed by atoms with van der Waals surface area (Å²) in [5, 5.41) is 43.3. The Morgan fingerprint density at radius 3 is 1.58 bits per heavy atom. The molecule has 67 heavy (non-hydrogen) atoms. The molecule has 2 aromatic heterocycles. The minimum absolute atomic E-state index is 0.0493. The number of benzene rings is 3. The van der Waals surface area contributed by atoms with E-state index in [1.807, 2.05) is 0 Å². The molecular formula is C30H29FN12O18S6. The van der Waals surface area contributed by atoms with Crippen molar-refractivity contribution < 1.29 is 84.8 Å². The summed E-state index contributed by atoms with van der Waals surface area (Å²) < 4.78 is 151. The monoisotopic (exact) mass is 1060 g/mol. The van der Waals surface area contributed by atoms with Crippen molar-refractivity contribution in [3.63, 3.8) is 0 Å². The van der Waals surface area contributed by atoms with E-state index in [0.29, 0.717) is 6.07 Å². The van der Waals surface area contributed by atoms with E-state index in [4.69, 9.17) is 30.3 Å². The molecule has 0 amide bonds. The van der Waals surface area contributed by atoms with Crippen molar-refractivity contribution in [1.82, 2.24) is 19.9 Å². The molecule has 5 rings (SSSR count). The normalized spacial score (nSPS) is 12.6. The number of anilines is 6. The van der Waals surface area contributed by atoms with Gasteiger partial charge in [-0.1, -0.05) is 10.1 Å². The molecule has 0 aliphatic carbocycles. The summed E-state index contributed by atoms with van der Waals surface area (Å²) in [7, 11) is -18.2. The van der Waals surface area contributed by atoms with Crippen molar-refractivity contribution >= 4 is 122 Å². The van der Waals surface area contributed by atoms with Crippen LogP contribution in [-0.4, -0.2) is 97.9 Å². The number of pyridine rings is 1. The van der Waals surface area contributed by atoms with Gasteiger partial charge >= 0.3 is 6.08 Å². The second-order valence-electron chi connectivity index (χ2n) is 12.2. The van der Waals surface area contributed by atoms with Crippen LogP contribution in [0.2, 0.25) is 0 Å². The summed E-state index contributed by atoms with van der Waals surface area (Å²) in [5.74, 6) is -2.80. The second-order valence-corrected chi connectivity index (χ2v) is 20.2. The molecule has 0 spiro atoms. The lowest BCUT2D eigenvalue weighted by Gasteiger charge is -2.10. The number of hydrogen-bond donors (Lipinski definition) is 8. The molecule has 10 N–H and O–H groups in total. The van der Waals surface area contributed by atoms with Crippen LogP contribution in [-0.2, 0) is 67.0 Å². The zero-order chi connectivity index (χ0) is 49.0. The number of rotatable bonds is 24. The van der Waals surface area contributed by atoms with Crippen LogP contribution < -0.4 is 22.1 Å². The fraction of sp³-hybridized carbons (Fsp3) is 0.133. The number of nitrogens with two attached hydrogens (primary N) is 2. The zero-order valence-electron chi connectivity index (χ0n) is 32.7. The first-order chi connectivity index (χ1) is 31.6. The summed E-state index contributed by atoms with van der Waals surface area (Å²) in [4.78, 5) is 12.5. The van der Waals surface area contributed by atoms with E-state index in [-0.39, 0.29) is 64.8 Å². The van der Waals surface area contributed by atoms with Crippen LogP contribution in [0.1, 0.15) is 0 Å². The van der Waals surface area contributed by atoms with Crippen LogP contribution in [0.5, 0.6) is 0 Å². The van der Waals surface area contributed by atoms with E-state index in [1.54, 1.807) is 0 Å². The summed E-state index contributed by atoms with van der Waals surface area (Å²) in [6.45, 7) is -0.836. The molecule has 30 nitrogen and oxygen atoms in total. The van der Waals surface area contributed by atoms with Crippen LogP contribution in [0.4, 0.5) is 62.0 Å². The van der Waals surface area contributed by atoms with E-state index in [9.17, 15) is 47.2 Å². The molecule has 0 fully saturated rings. The number of aromatic nitrogens is 4. The molecule has 0 aliphatic heterocycles. The minimum atomic E-state index is -5.14. The Bertz CT molecular complexity index is 3110. The smallest absolute Gasteiger partial charge is 0.315 e. The van der Waals surface area contributed by atoms with Gasteiger partial charge in [0, 0.05) is 17.4 Å². The van der Waals surface area contributed by atoms with Gasteiger partial charge < -0.3 is 22.1 Å². The lowest BCUT2D eigenvalue weighted by atomic mass is 10.3. The maximum absolute atomic E-state index is 14.6. The van der Waals surface area contributed by atoms with Crippen LogP contribution in [0.25, 0.3) is 0 Å². The molecule has 3 aromatic carbocycles. The molecule has 360 valence electrons. The van der Waals surface area contributed by atoms with Crippen molar-refractivity contribution in [2.75, 3.05) is 46.8 Å². The molecule has 5 aromatic rings. The largest absolute Gasteiger partial charge is 0.382 e. The predicted octanol–water partition coefficient (Wildman–Crippen LogP) is 4.93. The number of azo groups is 2. The Morgan fingerprint density at radius 1 is 0.567 bits per heavy atom. The van der Waals surface area contributed by atoms with Gasteiger partial charge in [-0.3, -0.25) is 17.5 Å². The number of hydrogen-bond acceptors (Lipinski definition) is 30. The van der Waals surface area contributed by atoms with E-state index in [2.05, 4.69) is 69.8 Å². The number of nitrogen functional groups attached to an aromatic ring is 2. The molecule has 0 unspecified atom stereocenters. The lowest BCUT2D eigenvalue weighted by Crippen LogP contribution is -2.12. The third-order valence-electron chi connectivity index (χ3n) is 7.79. The molecule has 2 heterocycles. The van der Waals surface area contributed by atoms with Gasteiger partial charge in [-0.05, 0) is 60.7 Å². The van der Waals surface area contributed by atoms with Crippen molar-refractivity contribution in [3.05, 3.63) is 72.8 Å². The van der Waals surface area contributed by atoms with E-state index >= 15 is 0 Å². The predicted molar refractivity (Wildman–Crippen MR) is 228 cm³/mol. The van der Waals surface area contributed by atoms with Crippen molar-refractivity contribution in [1.29, 1.82) is 0 Å². The third kappa shape index (κ3) is 15.1. The number of halogens is 1. The Balaban J connectivity index is 1.36. The molecule has 0 aliphatic rings. The van der Waals surface area contributed by atoms with Crippen molar-refractivity contribution in [2.24, 2.45) is 20.5 Å². The van der Waals surface area contributed by atoms with E-state index in [0.717, 1.165) is 36.4 Å². The van der Waals surface area contributed by atoms with Gasteiger partial charge in [0.1, 0.15) is 32.5 Å². The number of nitrogens with one attached hydrogen (secondary N) is 2. The van der Waals surface area contributed by atoms with Gasteiger partial charge in [0.25, 0.3) is 20.2 Å². The van der Waals surface area contributed by atoms with Gasteiger partial charge in [-0.15, -0.1) is 29.1 Å². The Hall–Kier alpha value is -5.75. The van der Waals surface area contributed by atoms with Crippen LogP contribution in [0.3, 0.4) is 0 Å². The minimum Gasteiger partial charge on any atom is -0.382 e. The molecular weight excluding hydrogens is 1030 g/mol. The third-order valence-corrected chi connectivity index (χ3v) is 13.7. The first-order valence-corrected chi connectivity index (χ1v) is 24.8. The standard InChI is InChI=1S/C30H29FN12O18S6/c31-28-37-29(34-16-1-4-18(5-2-16)64(46,47)11-9-56-62-60-58-44)39-30(38-28)35-17-3-8-24(66(50,51)52)21(13-17)41-43-23-15-22(26(32)36-27(23)33)42-40-20-7-6-19(14-25(20)67(53,54)55)65(48,49)12-10-57-63-61-59-45/h1-8,13-15,44-45H,9-12H2,(H4,32,33,36)(H,50,51,52)(H,53,54,55)(H2,34,35,37,38,39). The highest BCUT2D eigenvalue weighted by molar-refractivity contribution is 7.92. The molecule has 37 heteroatoms. The van der Waals surface area contributed by atoms with Crippen LogP contribution in [0, 0.1) is 6.08 Å². The summed E-state index contributed by atoms with van der Waals surface area (Å²) in [6, 6.07) is 11.6. The highest BCUT2D eigenvalue weighted by atomic mass is 32.2. The van der Waals surface area contributed by atoms with Crippen LogP contribution >= 0.6 is 24.6 Å². The molecule has 0 saturated heterocycles. The van der Waals surface area contributed by atoms with E-state index < -0.39 is 108 Å². The highest BCUT2D eigenvalue weighted by Crippen LogP contribution is 2.36. The van der Waals surface area contributed by atoms with Gasteiger partial charge in [0.15, 0.2) is 56.0 Å². The van der Waals surface area contributed by atoms with Gasteiger partial charge in [-0.25, -0.2) is 32.3 Å². The van der Waals surface area contributed by atoms with E-state index in [1.165, 1.54) is 24.3 Å². The Kier molecular flexibility index (Phi) is 17.8. The second kappa shape index (κ2) is 22.8. The molecule has 0 bridgehead atoms. The fourth-order valence-corrected chi connectivity index (χ4v) is 9.06. The Morgan fingerprint density at radius 2 is 1.04 bits per heavy atom. The fourth-order valence-electron chi connectivity index (χ4n) is 4.89. The summed E-state index contributed by atoms with van der Waals surface area (Å²) in [5.41, 5.74) is 10.2. The first kappa shape index (κ1) is 52.2. The number of nitrogens with zero attached hydrogens (tertiary/aromatic N) is 8. The Labute approximate surface area is 384 Å². The molecule has 0 radical (unpaired) electrons. The highest BCUT2D eigenvalue weighted by Gasteiger charge is 2.23. The van der Waals surface area contributed by atoms with Crippen molar-refractivity contribution in [3.8, 4) is 0 Å². The molecule has 0 saturated carbocycles. The SMILES string of the molecule is Nc1nc(N)c(N=Nc2ccc(S(=O)(=O)CCOSOOO)cc2S(=O)(=O)O)cc1N=Nc1cc(Nc2nc(F)nc(Nc3ccc(S(=O)(=O)CCOSOOO)cc3)n2)ccc1S(=O)(=O)O. The number of sulfone groups is 2. The first-order valence-electron chi connectivity index (χ1n) is 17.3. The average Bonchev–Trinajstić information content (AvgIpc) is 3.25. The summed E-state index contributed by atoms with van der Waals surface area (Å²) >= 11 is 0.311. The quantitative estimate of drug-likeness (QED) is 0.0101. The average molecular weight is 1060 g/mol. The maximum Gasteiger partial charge on any atom is 0.315 e. The zero-order valence-corrected chi connectivity index (χ0v) is 37.6. The van der Waals surface area contributed by atoms with Gasteiger partial charge in [0.2, 0.25) is 11.9 Å². The lowest BCUT2D eigenvalue weighted by molar-refractivity contribution is -0.434. The topological polar surface area (TPSA) is 450 Å². The van der Waals surface area contributed by atoms with Crippen LogP contribution in [0.15, 0.2) is 107 Å².